The summed E-state index contributed by atoms with van der Waals surface area (Å²) in [6, 6.07) is 16.7. The zero-order valence-electron chi connectivity index (χ0n) is 14.3. The van der Waals surface area contributed by atoms with E-state index >= 15 is 0 Å². The Bertz CT molecular complexity index is 1060. The topological polar surface area (TPSA) is 82.9 Å². The number of aromatic amines is 1. The molecule has 26 heavy (non-hydrogen) atoms. The molecule has 1 N–H and O–H groups in total. The van der Waals surface area contributed by atoms with Gasteiger partial charge in [0.25, 0.3) is 5.56 Å². The number of aryl methyl sites for hydroxylation is 1. The van der Waals surface area contributed by atoms with Crippen molar-refractivity contribution < 1.29 is 8.95 Å². The molecule has 0 radical (unpaired) electrons. The molecule has 6 heteroatoms. The minimum Gasteiger partial charge on any atom is -0.457 e. The van der Waals surface area contributed by atoms with Gasteiger partial charge in [-0.3, -0.25) is 9.00 Å². The number of benzene rings is 2. The Morgan fingerprint density at radius 2 is 1.62 bits per heavy atom. The molecular formula is C20H16N2O3S. The number of hydrogen-bond acceptors (Lipinski definition) is 4. The minimum atomic E-state index is -1.48. The van der Waals surface area contributed by atoms with Crippen LogP contribution in [0.5, 0.6) is 11.5 Å². The number of hydrogen-bond donors (Lipinski definition) is 1. The lowest BCUT2D eigenvalue weighted by atomic mass is 10.1. The van der Waals surface area contributed by atoms with Crippen molar-refractivity contribution in [1.29, 1.82) is 5.26 Å². The van der Waals surface area contributed by atoms with Gasteiger partial charge in [0.05, 0.1) is 15.7 Å². The van der Waals surface area contributed by atoms with Crippen molar-refractivity contribution >= 4 is 10.8 Å². The predicted octanol–water partition coefficient (Wildman–Crippen LogP) is 3.75. The Morgan fingerprint density at radius 3 is 2.15 bits per heavy atom. The molecule has 5 nitrogen and oxygen atoms in total. The molecule has 0 saturated carbocycles. The molecule has 3 rings (SSSR count). The van der Waals surface area contributed by atoms with E-state index in [4.69, 9.17) is 4.74 Å². The lowest BCUT2D eigenvalue weighted by Crippen LogP contribution is -2.14. The van der Waals surface area contributed by atoms with Crippen LogP contribution in [-0.4, -0.2) is 15.4 Å². The number of pyridine rings is 1. The maximum Gasteiger partial charge on any atom is 0.267 e. The van der Waals surface area contributed by atoms with E-state index in [1.165, 1.54) is 12.5 Å². The average molecular weight is 364 g/mol. The van der Waals surface area contributed by atoms with Crippen molar-refractivity contribution in [2.24, 2.45) is 0 Å². The summed E-state index contributed by atoms with van der Waals surface area (Å²) < 4.78 is 17.9. The zero-order chi connectivity index (χ0) is 18.7. The SMILES string of the molecule is Cc1ccc(Oc2ccc(-c3c[nH]c(=O)c(C#N)c3S(C)=O)cc2)cc1. The lowest BCUT2D eigenvalue weighted by Gasteiger charge is -2.10. The van der Waals surface area contributed by atoms with Crippen molar-refractivity contribution in [3.05, 3.63) is 76.2 Å². The van der Waals surface area contributed by atoms with Gasteiger partial charge in [0, 0.05) is 18.0 Å². The van der Waals surface area contributed by atoms with E-state index in [0.29, 0.717) is 11.3 Å². The largest absolute Gasteiger partial charge is 0.457 e. The molecule has 1 atom stereocenters. The number of rotatable bonds is 4. The fraction of sp³-hybridized carbons (Fsp3) is 0.100. The highest BCUT2D eigenvalue weighted by molar-refractivity contribution is 7.84. The number of ether oxygens (including phenoxy) is 1. The summed E-state index contributed by atoms with van der Waals surface area (Å²) in [7, 11) is -1.48. The highest BCUT2D eigenvalue weighted by atomic mass is 32.2. The molecule has 3 aromatic rings. The first kappa shape index (κ1) is 17.6. The van der Waals surface area contributed by atoms with Gasteiger partial charge in [-0.2, -0.15) is 5.26 Å². The summed E-state index contributed by atoms with van der Waals surface area (Å²) in [6.07, 6.45) is 2.93. The molecule has 2 aromatic carbocycles. The zero-order valence-corrected chi connectivity index (χ0v) is 15.1. The number of nitrogens with zero attached hydrogens (tertiary/aromatic N) is 1. The summed E-state index contributed by atoms with van der Waals surface area (Å²) in [4.78, 5) is 14.6. The van der Waals surface area contributed by atoms with E-state index in [1.54, 1.807) is 24.3 Å². The number of nitrogens with one attached hydrogen (secondary N) is 1. The second-order valence-electron chi connectivity index (χ2n) is 5.74. The van der Waals surface area contributed by atoms with Gasteiger partial charge in [0.1, 0.15) is 23.1 Å². The number of nitriles is 1. The van der Waals surface area contributed by atoms with Crippen LogP contribution < -0.4 is 10.3 Å². The van der Waals surface area contributed by atoms with Crippen molar-refractivity contribution in [1.82, 2.24) is 4.98 Å². The molecule has 1 heterocycles. The van der Waals surface area contributed by atoms with Crippen LogP contribution in [0.3, 0.4) is 0 Å². The van der Waals surface area contributed by atoms with Crippen LogP contribution in [0.1, 0.15) is 11.1 Å². The maximum absolute atomic E-state index is 12.1. The van der Waals surface area contributed by atoms with Crippen LogP contribution in [0.25, 0.3) is 11.1 Å². The van der Waals surface area contributed by atoms with E-state index in [9.17, 15) is 14.3 Å². The summed E-state index contributed by atoms with van der Waals surface area (Å²) >= 11 is 0. The molecule has 0 aliphatic carbocycles. The molecular weight excluding hydrogens is 348 g/mol. The Kier molecular flexibility index (Phi) is 5.01. The minimum absolute atomic E-state index is 0.122. The molecule has 1 unspecified atom stereocenters. The first-order valence-electron chi connectivity index (χ1n) is 7.84. The van der Waals surface area contributed by atoms with E-state index < -0.39 is 16.4 Å². The monoisotopic (exact) mass is 364 g/mol. The first-order valence-corrected chi connectivity index (χ1v) is 9.39. The number of aromatic nitrogens is 1. The van der Waals surface area contributed by atoms with Gasteiger partial charge in [-0.05, 0) is 36.8 Å². The van der Waals surface area contributed by atoms with Gasteiger partial charge in [-0.15, -0.1) is 0 Å². The third-order valence-corrected chi connectivity index (χ3v) is 4.87. The Hall–Kier alpha value is -3.17. The lowest BCUT2D eigenvalue weighted by molar-refractivity contribution is 0.482. The molecule has 0 amide bonds. The molecule has 0 aliphatic rings. The summed E-state index contributed by atoms with van der Waals surface area (Å²) in [5.74, 6) is 1.39. The Labute approximate surface area is 153 Å². The summed E-state index contributed by atoms with van der Waals surface area (Å²) in [5, 5.41) is 9.22. The summed E-state index contributed by atoms with van der Waals surface area (Å²) in [6.45, 7) is 2.01. The van der Waals surface area contributed by atoms with Gasteiger partial charge in [-0.1, -0.05) is 29.8 Å². The van der Waals surface area contributed by atoms with Crippen LogP contribution in [0.2, 0.25) is 0 Å². The van der Waals surface area contributed by atoms with Crippen molar-refractivity contribution in [2.75, 3.05) is 6.26 Å². The Balaban J connectivity index is 1.97. The van der Waals surface area contributed by atoms with E-state index in [-0.39, 0.29) is 10.5 Å². The fourth-order valence-corrected chi connectivity index (χ4v) is 3.48. The third kappa shape index (κ3) is 3.58. The standard InChI is InChI=1S/C20H16N2O3S/c1-13-3-7-15(8-4-13)25-16-9-5-14(6-10-16)18-12-22-20(23)17(11-21)19(18)26(2)24/h3-10,12H,1-2H3,(H,22,23). The van der Waals surface area contributed by atoms with Crippen molar-refractivity contribution in [2.45, 2.75) is 11.8 Å². The van der Waals surface area contributed by atoms with Crippen LogP contribution >= 0.6 is 0 Å². The van der Waals surface area contributed by atoms with Gasteiger partial charge >= 0.3 is 0 Å². The Morgan fingerprint density at radius 1 is 1.04 bits per heavy atom. The number of H-pyrrole nitrogens is 1. The normalized spacial score (nSPS) is 11.6. The van der Waals surface area contributed by atoms with Crippen molar-refractivity contribution in [3.63, 3.8) is 0 Å². The third-order valence-electron chi connectivity index (χ3n) is 3.87. The van der Waals surface area contributed by atoms with Crippen LogP contribution in [0, 0.1) is 18.3 Å². The molecule has 0 spiro atoms. The van der Waals surface area contributed by atoms with Crippen LogP contribution in [0.15, 0.2) is 64.4 Å². The molecule has 130 valence electrons. The fourth-order valence-electron chi connectivity index (χ4n) is 2.57. The van der Waals surface area contributed by atoms with E-state index in [1.807, 2.05) is 37.3 Å². The average Bonchev–Trinajstić information content (AvgIpc) is 2.64. The van der Waals surface area contributed by atoms with Crippen molar-refractivity contribution in [3.8, 4) is 28.7 Å². The highest BCUT2D eigenvalue weighted by Crippen LogP contribution is 2.29. The second-order valence-corrected chi connectivity index (χ2v) is 7.06. The highest BCUT2D eigenvalue weighted by Gasteiger charge is 2.17. The molecule has 0 fully saturated rings. The van der Waals surface area contributed by atoms with E-state index in [2.05, 4.69) is 4.98 Å². The summed E-state index contributed by atoms with van der Waals surface area (Å²) in [5.41, 5.74) is 1.78. The molecule has 0 aliphatic heterocycles. The quantitative estimate of drug-likeness (QED) is 0.764. The predicted molar refractivity (Wildman–Crippen MR) is 101 cm³/mol. The molecule has 0 bridgehead atoms. The first-order chi connectivity index (χ1) is 12.5. The van der Waals surface area contributed by atoms with Gasteiger partial charge < -0.3 is 9.72 Å². The van der Waals surface area contributed by atoms with Gasteiger partial charge in [0.2, 0.25) is 0 Å². The second kappa shape index (κ2) is 7.38. The maximum atomic E-state index is 12.1. The van der Waals surface area contributed by atoms with E-state index in [0.717, 1.165) is 16.9 Å². The smallest absolute Gasteiger partial charge is 0.267 e. The molecule has 0 saturated heterocycles. The molecule has 1 aromatic heterocycles. The van der Waals surface area contributed by atoms with Crippen LogP contribution in [-0.2, 0) is 10.8 Å². The van der Waals surface area contributed by atoms with Crippen LogP contribution in [0.4, 0.5) is 0 Å². The van der Waals surface area contributed by atoms with Gasteiger partial charge in [-0.25, -0.2) is 0 Å². The van der Waals surface area contributed by atoms with Gasteiger partial charge in [0.15, 0.2) is 0 Å².